The monoisotopic (exact) mass is 349 g/mol. The maximum Gasteiger partial charge on any atom is 0.268 e. The molecule has 1 aromatic rings. The third-order valence-corrected chi connectivity index (χ3v) is 2.63. The number of nitrogens with zero attached hydrogens (tertiary/aromatic N) is 2. The Morgan fingerprint density at radius 2 is 2.12 bits per heavy atom. The SMILES string of the molecule is CC(C(=O)NC(C)(C)C)n1ncc(I)cc1=O. The van der Waals surface area contributed by atoms with E-state index in [1.807, 2.05) is 43.4 Å². The zero-order valence-corrected chi connectivity index (χ0v) is 12.5. The molecular formula is C11H16IN3O2. The van der Waals surface area contributed by atoms with E-state index in [9.17, 15) is 9.59 Å². The fraction of sp³-hybridized carbons (Fsp3) is 0.545. The van der Waals surface area contributed by atoms with E-state index in [0.717, 1.165) is 3.57 Å². The number of aromatic nitrogens is 2. The summed E-state index contributed by atoms with van der Waals surface area (Å²) in [5.74, 6) is -0.215. The van der Waals surface area contributed by atoms with Crippen molar-refractivity contribution < 1.29 is 4.79 Å². The van der Waals surface area contributed by atoms with Crippen LogP contribution in [-0.2, 0) is 4.79 Å². The third kappa shape index (κ3) is 4.10. The van der Waals surface area contributed by atoms with Gasteiger partial charge in [-0.05, 0) is 50.3 Å². The molecule has 94 valence electrons. The van der Waals surface area contributed by atoms with E-state index in [1.54, 1.807) is 13.1 Å². The summed E-state index contributed by atoms with van der Waals surface area (Å²) in [6.07, 6.45) is 1.56. The lowest BCUT2D eigenvalue weighted by Gasteiger charge is -2.23. The molecule has 1 rings (SSSR count). The number of rotatable bonds is 2. The molecule has 0 bridgehead atoms. The Morgan fingerprint density at radius 3 is 2.59 bits per heavy atom. The molecule has 1 atom stereocenters. The highest BCUT2D eigenvalue weighted by Gasteiger charge is 2.21. The van der Waals surface area contributed by atoms with E-state index in [4.69, 9.17) is 0 Å². The fourth-order valence-electron chi connectivity index (χ4n) is 1.27. The van der Waals surface area contributed by atoms with Gasteiger partial charge in [0.25, 0.3) is 5.56 Å². The van der Waals surface area contributed by atoms with E-state index in [0.29, 0.717) is 0 Å². The first kappa shape index (κ1) is 14.1. The molecule has 0 radical (unpaired) electrons. The minimum Gasteiger partial charge on any atom is -0.350 e. The normalized spacial score (nSPS) is 13.2. The molecule has 1 N–H and O–H groups in total. The molecule has 0 aliphatic rings. The average Bonchev–Trinajstić information content (AvgIpc) is 2.14. The maximum atomic E-state index is 11.9. The van der Waals surface area contributed by atoms with Crippen LogP contribution in [0.15, 0.2) is 17.1 Å². The number of halogens is 1. The van der Waals surface area contributed by atoms with Gasteiger partial charge < -0.3 is 5.32 Å². The molecule has 0 aliphatic carbocycles. The Morgan fingerprint density at radius 1 is 1.53 bits per heavy atom. The lowest BCUT2D eigenvalue weighted by atomic mass is 10.1. The predicted molar refractivity (Wildman–Crippen MR) is 73.8 cm³/mol. The van der Waals surface area contributed by atoms with Gasteiger partial charge >= 0.3 is 0 Å². The number of amides is 1. The largest absolute Gasteiger partial charge is 0.350 e. The fourth-order valence-corrected chi connectivity index (χ4v) is 1.66. The van der Waals surface area contributed by atoms with Crippen LogP contribution in [0.2, 0.25) is 0 Å². The van der Waals surface area contributed by atoms with E-state index < -0.39 is 6.04 Å². The van der Waals surface area contributed by atoms with Crippen LogP contribution < -0.4 is 10.9 Å². The van der Waals surface area contributed by atoms with Gasteiger partial charge in [0.15, 0.2) is 0 Å². The van der Waals surface area contributed by atoms with Crippen LogP contribution in [0.5, 0.6) is 0 Å². The third-order valence-electron chi connectivity index (χ3n) is 2.04. The summed E-state index contributed by atoms with van der Waals surface area (Å²) in [5.41, 5.74) is -0.591. The minimum atomic E-state index is -0.612. The molecule has 0 saturated heterocycles. The average molecular weight is 349 g/mol. The summed E-state index contributed by atoms with van der Waals surface area (Å²) in [4.78, 5) is 23.6. The molecule has 0 saturated carbocycles. The molecule has 5 nitrogen and oxygen atoms in total. The van der Waals surface area contributed by atoms with Gasteiger partial charge in [-0.25, -0.2) is 4.68 Å². The highest BCUT2D eigenvalue weighted by molar-refractivity contribution is 14.1. The van der Waals surface area contributed by atoms with Gasteiger partial charge in [-0.15, -0.1) is 0 Å². The van der Waals surface area contributed by atoms with Gasteiger partial charge in [0.2, 0.25) is 5.91 Å². The Labute approximate surface area is 114 Å². The van der Waals surface area contributed by atoms with Gasteiger partial charge in [0.1, 0.15) is 6.04 Å². The molecule has 1 heterocycles. The van der Waals surface area contributed by atoms with Crippen molar-refractivity contribution >= 4 is 28.5 Å². The van der Waals surface area contributed by atoms with Crippen LogP contribution in [0.3, 0.4) is 0 Å². The Bertz CT molecular complexity index is 476. The van der Waals surface area contributed by atoms with E-state index in [1.165, 1.54) is 10.7 Å². The van der Waals surface area contributed by atoms with Gasteiger partial charge in [-0.1, -0.05) is 0 Å². The van der Waals surface area contributed by atoms with Crippen molar-refractivity contribution in [3.63, 3.8) is 0 Å². The highest BCUT2D eigenvalue weighted by atomic mass is 127. The molecule has 1 amide bonds. The van der Waals surface area contributed by atoms with E-state index >= 15 is 0 Å². The Hall–Kier alpha value is -0.920. The molecule has 6 heteroatoms. The zero-order chi connectivity index (χ0) is 13.2. The zero-order valence-electron chi connectivity index (χ0n) is 10.3. The number of nitrogens with one attached hydrogen (secondary N) is 1. The van der Waals surface area contributed by atoms with Crippen molar-refractivity contribution in [2.45, 2.75) is 39.3 Å². The summed E-state index contributed by atoms with van der Waals surface area (Å²) in [7, 11) is 0. The predicted octanol–water partition coefficient (Wildman–Crippen LogP) is 1.32. The quantitative estimate of drug-likeness (QED) is 0.820. The molecule has 17 heavy (non-hydrogen) atoms. The molecule has 0 spiro atoms. The number of hydrogen-bond acceptors (Lipinski definition) is 3. The second-order valence-corrected chi connectivity index (χ2v) is 6.12. The van der Waals surface area contributed by atoms with E-state index in [2.05, 4.69) is 10.4 Å². The first-order valence-electron chi connectivity index (χ1n) is 5.27. The summed E-state index contributed by atoms with van der Waals surface area (Å²) >= 11 is 2.01. The van der Waals surface area contributed by atoms with E-state index in [-0.39, 0.29) is 17.0 Å². The van der Waals surface area contributed by atoms with Crippen LogP contribution >= 0.6 is 22.6 Å². The lowest BCUT2D eigenvalue weighted by molar-refractivity contribution is -0.125. The van der Waals surface area contributed by atoms with Crippen molar-refractivity contribution in [3.8, 4) is 0 Å². The van der Waals surface area contributed by atoms with Crippen LogP contribution in [-0.4, -0.2) is 21.2 Å². The molecular weight excluding hydrogens is 333 g/mol. The second kappa shape index (κ2) is 5.16. The summed E-state index contributed by atoms with van der Waals surface area (Å²) < 4.78 is 1.94. The van der Waals surface area contributed by atoms with Gasteiger partial charge in [-0.2, -0.15) is 5.10 Å². The second-order valence-electron chi connectivity index (χ2n) is 4.87. The summed E-state index contributed by atoms with van der Waals surface area (Å²) in [5, 5.41) is 6.78. The summed E-state index contributed by atoms with van der Waals surface area (Å²) in [6.45, 7) is 7.33. The Kier molecular flexibility index (Phi) is 4.29. The number of hydrogen-bond donors (Lipinski definition) is 1. The summed E-state index contributed by atoms with van der Waals surface area (Å²) in [6, 6.07) is 0.841. The standard InChI is InChI=1S/C11H16IN3O2/c1-7(10(17)14-11(2,3)4)15-9(16)5-8(12)6-13-15/h5-7H,1-4H3,(H,14,17). The number of carbonyl (C=O) groups excluding carboxylic acids is 1. The maximum absolute atomic E-state index is 11.9. The molecule has 0 aliphatic heterocycles. The van der Waals surface area contributed by atoms with Crippen molar-refractivity contribution in [2.75, 3.05) is 0 Å². The first-order valence-corrected chi connectivity index (χ1v) is 6.35. The van der Waals surface area contributed by atoms with Gasteiger partial charge in [0.05, 0.1) is 6.20 Å². The Balaban J connectivity index is 2.93. The smallest absolute Gasteiger partial charge is 0.268 e. The number of carbonyl (C=O) groups is 1. The van der Waals surface area contributed by atoms with Crippen molar-refractivity contribution in [2.24, 2.45) is 0 Å². The van der Waals surface area contributed by atoms with Crippen LogP contribution in [0.25, 0.3) is 0 Å². The van der Waals surface area contributed by atoms with Crippen molar-refractivity contribution in [3.05, 3.63) is 26.2 Å². The van der Waals surface area contributed by atoms with Crippen molar-refractivity contribution in [1.82, 2.24) is 15.1 Å². The molecule has 1 unspecified atom stereocenters. The van der Waals surface area contributed by atoms with Gasteiger partial charge in [0, 0.05) is 15.2 Å². The molecule has 1 aromatic heterocycles. The molecule has 0 aromatic carbocycles. The highest BCUT2D eigenvalue weighted by Crippen LogP contribution is 2.06. The molecule has 0 fully saturated rings. The first-order chi connectivity index (χ1) is 7.70. The van der Waals surface area contributed by atoms with Crippen LogP contribution in [0, 0.1) is 3.57 Å². The van der Waals surface area contributed by atoms with Gasteiger partial charge in [-0.3, -0.25) is 9.59 Å². The van der Waals surface area contributed by atoms with Crippen LogP contribution in [0.1, 0.15) is 33.7 Å². The minimum absolute atomic E-state index is 0.215. The van der Waals surface area contributed by atoms with Crippen molar-refractivity contribution in [1.29, 1.82) is 0 Å². The lowest BCUT2D eigenvalue weighted by Crippen LogP contribution is -2.45. The topological polar surface area (TPSA) is 64.0 Å². The van der Waals surface area contributed by atoms with Crippen LogP contribution in [0.4, 0.5) is 0 Å².